The second kappa shape index (κ2) is 8.86. The lowest BCUT2D eigenvalue weighted by atomic mass is 10.2. The molecule has 0 spiro atoms. The molecular formula is C24H14Br2N4O3S. The van der Waals surface area contributed by atoms with E-state index in [0.29, 0.717) is 25.7 Å². The second-order valence-electron chi connectivity index (χ2n) is 7.43. The third-order valence-electron chi connectivity index (χ3n) is 5.28. The highest BCUT2D eigenvalue weighted by Gasteiger charge is 2.39. The molecular weight excluding hydrogens is 584 g/mol. The van der Waals surface area contributed by atoms with Gasteiger partial charge in [-0.25, -0.2) is 4.98 Å². The van der Waals surface area contributed by atoms with Crippen molar-refractivity contribution in [2.45, 2.75) is 6.42 Å². The Hall–Kier alpha value is -3.21. The summed E-state index contributed by atoms with van der Waals surface area (Å²) in [5.41, 5.74) is 1.05. The number of carbonyl (C=O) groups excluding carboxylic acids is 2. The maximum atomic E-state index is 13.9. The zero-order valence-electron chi connectivity index (χ0n) is 17.3. The molecule has 7 nitrogen and oxygen atoms in total. The number of anilines is 1. The Kier molecular flexibility index (Phi) is 5.88. The van der Waals surface area contributed by atoms with Crippen LogP contribution in [0.3, 0.4) is 0 Å². The number of hydrogen-bond acceptors (Lipinski definition) is 5. The van der Waals surface area contributed by atoms with Gasteiger partial charge in [-0.2, -0.15) is 9.69 Å². The molecule has 0 radical (unpaired) electrons. The Morgan fingerprint density at radius 1 is 0.853 bits per heavy atom. The molecule has 0 N–H and O–H groups in total. The predicted molar refractivity (Wildman–Crippen MR) is 141 cm³/mol. The number of nitrogens with zero attached hydrogens (tertiary/aromatic N) is 4. The van der Waals surface area contributed by atoms with Crippen LogP contribution in [0.4, 0.5) is 5.69 Å². The van der Waals surface area contributed by atoms with Gasteiger partial charge in [0.15, 0.2) is 5.82 Å². The maximum Gasteiger partial charge on any atom is 0.281 e. The number of benzene rings is 3. The van der Waals surface area contributed by atoms with Crippen LogP contribution >= 0.6 is 44.1 Å². The molecule has 1 fully saturated rings. The summed E-state index contributed by atoms with van der Waals surface area (Å²) in [6.07, 6.45) is -0.448. The van der Waals surface area contributed by atoms with Gasteiger partial charge in [0, 0.05) is 14.5 Å². The van der Waals surface area contributed by atoms with Gasteiger partial charge >= 0.3 is 0 Å². The van der Waals surface area contributed by atoms with Crippen molar-refractivity contribution in [2.75, 3.05) is 9.91 Å². The van der Waals surface area contributed by atoms with E-state index in [0.717, 1.165) is 9.69 Å². The summed E-state index contributed by atoms with van der Waals surface area (Å²) in [5, 5.41) is 1.22. The minimum absolute atomic E-state index is 0.123. The first-order chi connectivity index (χ1) is 16.4. The van der Waals surface area contributed by atoms with Crippen molar-refractivity contribution in [3.05, 3.63) is 92.1 Å². The minimum atomic E-state index is -0.614. The van der Waals surface area contributed by atoms with E-state index in [1.807, 2.05) is 24.3 Å². The first-order valence-electron chi connectivity index (χ1n) is 10.1. The Bertz CT molecular complexity index is 1540. The third-order valence-corrected chi connectivity index (χ3v) is 6.69. The summed E-state index contributed by atoms with van der Waals surface area (Å²) in [4.78, 5) is 45.9. The van der Waals surface area contributed by atoms with Gasteiger partial charge in [-0.15, -0.1) is 0 Å². The highest BCUT2D eigenvalue weighted by molar-refractivity contribution is 9.11. The van der Waals surface area contributed by atoms with E-state index in [1.165, 1.54) is 4.90 Å². The van der Waals surface area contributed by atoms with Crippen LogP contribution in [0.2, 0.25) is 0 Å². The molecule has 0 saturated carbocycles. The number of aromatic nitrogens is 2. The molecule has 34 heavy (non-hydrogen) atoms. The zero-order valence-corrected chi connectivity index (χ0v) is 21.3. The van der Waals surface area contributed by atoms with E-state index >= 15 is 0 Å². The van der Waals surface area contributed by atoms with Gasteiger partial charge in [-0.05, 0) is 52.4 Å². The van der Waals surface area contributed by atoms with Crippen molar-refractivity contribution in [3.8, 4) is 11.4 Å². The van der Waals surface area contributed by atoms with Gasteiger partial charge < -0.3 is 0 Å². The first kappa shape index (κ1) is 22.6. The van der Waals surface area contributed by atoms with Gasteiger partial charge in [0.1, 0.15) is 6.42 Å². The molecule has 1 aliphatic heterocycles. The number of thiocarbonyl (C=S) groups is 1. The lowest BCUT2D eigenvalue weighted by Gasteiger charge is -2.36. The number of fused-ring (bicyclic) bond motifs is 1. The van der Waals surface area contributed by atoms with Crippen molar-refractivity contribution in [1.29, 1.82) is 0 Å². The summed E-state index contributed by atoms with van der Waals surface area (Å²) >= 11 is 12.5. The molecule has 0 bridgehead atoms. The number of carbonyl (C=O) groups is 2. The van der Waals surface area contributed by atoms with E-state index in [4.69, 9.17) is 17.2 Å². The quantitative estimate of drug-likeness (QED) is 0.251. The summed E-state index contributed by atoms with van der Waals surface area (Å²) in [6, 6.07) is 21.2. The van der Waals surface area contributed by atoms with Crippen molar-refractivity contribution >= 4 is 77.6 Å². The second-order valence-corrected chi connectivity index (χ2v) is 9.57. The SMILES string of the molecule is O=C1CC(=O)N(n2c(-c3ccccc3)nc3c(Br)cc(Br)cc3c2=O)C(=S)N1c1ccccc1. The van der Waals surface area contributed by atoms with Crippen LogP contribution in [0, 0.1) is 0 Å². The molecule has 0 atom stereocenters. The van der Waals surface area contributed by atoms with Gasteiger partial charge in [0.2, 0.25) is 11.0 Å². The highest BCUT2D eigenvalue weighted by Crippen LogP contribution is 2.29. The van der Waals surface area contributed by atoms with E-state index in [9.17, 15) is 14.4 Å². The molecule has 1 saturated heterocycles. The first-order valence-corrected chi connectivity index (χ1v) is 12.1. The van der Waals surface area contributed by atoms with Crippen LogP contribution in [0.1, 0.15) is 6.42 Å². The summed E-state index contributed by atoms with van der Waals surface area (Å²) < 4.78 is 2.44. The van der Waals surface area contributed by atoms with Crippen molar-refractivity contribution in [3.63, 3.8) is 0 Å². The molecule has 5 rings (SSSR count). The summed E-state index contributed by atoms with van der Waals surface area (Å²) in [5.74, 6) is -0.859. The van der Waals surface area contributed by atoms with Crippen LogP contribution in [-0.2, 0) is 9.59 Å². The molecule has 2 amide bonds. The normalized spacial score (nSPS) is 14.2. The van der Waals surface area contributed by atoms with Gasteiger partial charge in [0.25, 0.3) is 11.5 Å². The highest BCUT2D eigenvalue weighted by atomic mass is 79.9. The molecule has 0 unspecified atom stereocenters. The predicted octanol–water partition coefficient (Wildman–Crippen LogP) is 4.77. The average Bonchev–Trinajstić information content (AvgIpc) is 2.82. The van der Waals surface area contributed by atoms with Crippen LogP contribution < -0.4 is 15.5 Å². The third kappa shape index (κ3) is 3.77. The van der Waals surface area contributed by atoms with Crippen LogP contribution in [0.5, 0.6) is 0 Å². The Morgan fingerprint density at radius 2 is 1.50 bits per heavy atom. The van der Waals surface area contributed by atoms with Gasteiger partial charge in [-0.3, -0.25) is 19.3 Å². The number of halogens is 2. The van der Waals surface area contributed by atoms with E-state index < -0.39 is 23.8 Å². The molecule has 1 aromatic heterocycles. The smallest absolute Gasteiger partial charge is 0.273 e. The summed E-state index contributed by atoms with van der Waals surface area (Å²) in [7, 11) is 0. The lowest BCUT2D eigenvalue weighted by molar-refractivity contribution is -0.127. The number of rotatable bonds is 3. The van der Waals surface area contributed by atoms with E-state index in [2.05, 4.69) is 31.9 Å². The van der Waals surface area contributed by atoms with Crippen LogP contribution in [0.15, 0.2) is 86.5 Å². The Morgan fingerprint density at radius 3 is 2.18 bits per heavy atom. The van der Waals surface area contributed by atoms with Crippen molar-refractivity contribution < 1.29 is 9.59 Å². The zero-order chi connectivity index (χ0) is 24.0. The molecule has 0 aliphatic carbocycles. The van der Waals surface area contributed by atoms with Gasteiger partial charge in [-0.1, -0.05) is 64.5 Å². The number of amides is 2. The standard InChI is InChI=1S/C24H14Br2N4O3S/c25-15-11-17-21(18(26)12-15)27-22(14-7-3-1-4-8-14)30(23(17)33)29-20(32)13-19(31)28(24(29)34)16-9-5-2-6-10-16/h1-12H,13H2. The molecule has 4 aromatic rings. The van der Waals surface area contributed by atoms with Crippen LogP contribution in [-0.4, -0.2) is 26.6 Å². The lowest BCUT2D eigenvalue weighted by Crippen LogP contribution is -2.62. The largest absolute Gasteiger partial charge is 0.281 e. The Balaban J connectivity index is 1.81. The molecule has 1 aliphatic rings. The van der Waals surface area contributed by atoms with Gasteiger partial charge in [0.05, 0.1) is 16.6 Å². The average molecular weight is 598 g/mol. The molecule has 168 valence electrons. The number of hydrogen-bond donors (Lipinski definition) is 0. The monoisotopic (exact) mass is 596 g/mol. The minimum Gasteiger partial charge on any atom is -0.273 e. The molecule has 10 heteroatoms. The topological polar surface area (TPSA) is 75.5 Å². The fraction of sp³-hybridized carbons (Fsp3) is 0.0417. The van der Waals surface area contributed by atoms with E-state index in [1.54, 1.807) is 48.5 Å². The fourth-order valence-corrected chi connectivity index (χ4v) is 5.49. The number of para-hydroxylation sites is 1. The van der Waals surface area contributed by atoms with E-state index in [-0.39, 0.29) is 16.3 Å². The van der Waals surface area contributed by atoms with Crippen molar-refractivity contribution in [2.24, 2.45) is 0 Å². The molecule has 2 heterocycles. The van der Waals surface area contributed by atoms with Crippen molar-refractivity contribution in [1.82, 2.24) is 9.66 Å². The van der Waals surface area contributed by atoms with Crippen LogP contribution in [0.25, 0.3) is 22.3 Å². The Labute approximate surface area is 215 Å². The maximum absolute atomic E-state index is 13.9. The fourth-order valence-electron chi connectivity index (χ4n) is 3.79. The summed E-state index contributed by atoms with van der Waals surface area (Å²) in [6.45, 7) is 0. The molecule has 3 aromatic carbocycles.